The molecule has 0 amide bonds. The lowest BCUT2D eigenvalue weighted by atomic mass is 9.96. The molecule has 1 N–H and O–H groups in total. The summed E-state index contributed by atoms with van der Waals surface area (Å²) in [6.45, 7) is 2.37. The van der Waals surface area contributed by atoms with Crippen LogP contribution in [-0.2, 0) is 4.74 Å². The molecule has 0 saturated carbocycles. The Kier molecular flexibility index (Phi) is 5.35. The minimum atomic E-state index is -1.53. The van der Waals surface area contributed by atoms with E-state index in [0.29, 0.717) is 28.2 Å². The molecule has 5 nitrogen and oxygen atoms in total. The Hall–Kier alpha value is -3.41. The van der Waals surface area contributed by atoms with Gasteiger partial charge in [0.2, 0.25) is 0 Å². The SMILES string of the molecule is CCCCOC(=O)c1ccc(=C(C#N)C(O)C#N)c2c1-c1ccccc1C=2. The van der Waals surface area contributed by atoms with Crippen molar-refractivity contribution in [3.63, 3.8) is 0 Å². The van der Waals surface area contributed by atoms with Gasteiger partial charge in [-0.25, -0.2) is 4.79 Å². The van der Waals surface area contributed by atoms with Crippen LogP contribution >= 0.6 is 0 Å². The first-order valence-corrected chi connectivity index (χ1v) is 8.75. The number of unbranched alkanes of at least 4 members (excludes halogenated alkanes) is 1. The van der Waals surface area contributed by atoms with Crippen LogP contribution in [0.1, 0.15) is 35.7 Å². The van der Waals surface area contributed by atoms with Crippen LogP contribution in [0.3, 0.4) is 0 Å². The molecule has 0 aliphatic heterocycles. The zero-order chi connectivity index (χ0) is 19.4. The van der Waals surface area contributed by atoms with Gasteiger partial charge in [-0.15, -0.1) is 0 Å². The fraction of sp³-hybridized carbons (Fsp3) is 0.227. The third-order valence-corrected chi connectivity index (χ3v) is 4.53. The summed E-state index contributed by atoms with van der Waals surface area (Å²) < 4.78 is 5.38. The van der Waals surface area contributed by atoms with Crippen molar-refractivity contribution in [1.82, 2.24) is 0 Å². The van der Waals surface area contributed by atoms with Gasteiger partial charge >= 0.3 is 5.97 Å². The molecular weight excluding hydrogens is 340 g/mol. The second-order valence-electron chi connectivity index (χ2n) is 6.23. The van der Waals surface area contributed by atoms with Gasteiger partial charge in [0.1, 0.15) is 0 Å². The highest BCUT2D eigenvalue weighted by molar-refractivity contribution is 6.01. The Morgan fingerprint density at radius 2 is 2.00 bits per heavy atom. The number of hydrogen-bond acceptors (Lipinski definition) is 5. The third kappa shape index (κ3) is 3.33. The van der Waals surface area contributed by atoms with Crippen LogP contribution in [0, 0.1) is 22.7 Å². The van der Waals surface area contributed by atoms with Crippen LogP contribution < -0.4 is 10.4 Å². The lowest BCUT2D eigenvalue weighted by Crippen LogP contribution is -2.32. The Morgan fingerprint density at radius 3 is 2.70 bits per heavy atom. The number of nitriles is 2. The van der Waals surface area contributed by atoms with Crippen LogP contribution in [0.5, 0.6) is 0 Å². The van der Waals surface area contributed by atoms with Crippen molar-refractivity contribution in [3.05, 3.63) is 58.0 Å². The van der Waals surface area contributed by atoms with E-state index in [2.05, 4.69) is 0 Å². The van der Waals surface area contributed by atoms with E-state index < -0.39 is 12.1 Å². The summed E-state index contributed by atoms with van der Waals surface area (Å²) in [6, 6.07) is 14.4. The number of nitrogens with zero attached hydrogens (tertiary/aromatic N) is 2. The Labute approximate surface area is 157 Å². The number of fused-ring (bicyclic) bond motifs is 3. The molecule has 0 aromatic heterocycles. The summed E-state index contributed by atoms with van der Waals surface area (Å²) in [5.74, 6) is -0.421. The molecule has 3 rings (SSSR count). The highest BCUT2D eigenvalue weighted by Crippen LogP contribution is 2.29. The number of benzene rings is 2. The van der Waals surface area contributed by atoms with Crippen molar-refractivity contribution in [2.24, 2.45) is 0 Å². The standard InChI is InChI=1S/C22H18N2O3/c1-2-3-10-27-22(26)17-9-8-16(19(12-23)20(25)13-24)18-11-14-6-4-5-7-15(14)21(17)18/h4-9,11,20,25H,2-3,10H2,1H3. The van der Waals surface area contributed by atoms with Crippen molar-refractivity contribution in [2.75, 3.05) is 6.61 Å². The predicted octanol–water partition coefficient (Wildman–Crippen LogP) is 2.01. The molecule has 0 bridgehead atoms. The van der Waals surface area contributed by atoms with E-state index in [1.807, 2.05) is 43.3 Å². The van der Waals surface area contributed by atoms with Crippen molar-refractivity contribution >= 4 is 17.6 Å². The van der Waals surface area contributed by atoms with Crippen LogP contribution in [0.4, 0.5) is 0 Å². The molecule has 0 saturated heterocycles. The lowest BCUT2D eigenvalue weighted by molar-refractivity contribution is 0.0500. The van der Waals surface area contributed by atoms with Crippen LogP contribution in [0.15, 0.2) is 36.4 Å². The molecule has 1 unspecified atom stereocenters. The summed E-state index contributed by atoms with van der Waals surface area (Å²) in [4.78, 5) is 12.6. The predicted molar refractivity (Wildman–Crippen MR) is 101 cm³/mol. The van der Waals surface area contributed by atoms with Crippen LogP contribution in [-0.4, -0.2) is 23.8 Å². The minimum absolute atomic E-state index is 0.0382. The molecule has 0 heterocycles. The molecular formula is C22H18N2O3. The Morgan fingerprint density at radius 1 is 1.22 bits per heavy atom. The molecule has 27 heavy (non-hydrogen) atoms. The number of carbonyl (C=O) groups is 1. The average molecular weight is 358 g/mol. The van der Waals surface area contributed by atoms with Crippen LogP contribution in [0.2, 0.25) is 0 Å². The first kappa shape index (κ1) is 18.4. The highest BCUT2D eigenvalue weighted by Gasteiger charge is 2.23. The molecule has 5 heteroatoms. The fourth-order valence-corrected chi connectivity index (χ4v) is 3.19. The molecule has 2 aromatic rings. The van der Waals surface area contributed by atoms with Gasteiger partial charge in [-0.3, -0.25) is 0 Å². The van der Waals surface area contributed by atoms with E-state index in [1.54, 1.807) is 18.2 Å². The maximum absolute atomic E-state index is 12.6. The van der Waals surface area contributed by atoms with Crippen molar-refractivity contribution in [2.45, 2.75) is 25.9 Å². The zero-order valence-corrected chi connectivity index (χ0v) is 14.9. The number of hydrogen-bond donors (Lipinski definition) is 1. The summed E-state index contributed by atoms with van der Waals surface area (Å²) in [7, 11) is 0. The van der Waals surface area contributed by atoms with Crippen molar-refractivity contribution < 1.29 is 14.6 Å². The van der Waals surface area contributed by atoms with Gasteiger partial charge in [-0.2, -0.15) is 10.5 Å². The van der Waals surface area contributed by atoms with Crippen LogP contribution in [0.25, 0.3) is 22.8 Å². The molecule has 1 aliphatic carbocycles. The first-order valence-electron chi connectivity index (χ1n) is 8.75. The number of rotatable bonds is 5. The number of carbonyl (C=O) groups excluding carboxylic acids is 1. The van der Waals surface area contributed by atoms with Gasteiger partial charge in [-0.1, -0.05) is 43.7 Å². The van der Waals surface area contributed by atoms with Gasteiger partial charge < -0.3 is 9.84 Å². The maximum atomic E-state index is 12.6. The van der Waals surface area contributed by atoms with E-state index in [-0.39, 0.29) is 5.57 Å². The quantitative estimate of drug-likeness (QED) is 0.428. The molecule has 134 valence electrons. The van der Waals surface area contributed by atoms with Gasteiger partial charge in [0.15, 0.2) is 6.10 Å². The maximum Gasteiger partial charge on any atom is 0.338 e. The van der Waals surface area contributed by atoms with E-state index in [1.165, 1.54) is 0 Å². The van der Waals surface area contributed by atoms with E-state index in [4.69, 9.17) is 10.00 Å². The largest absolute Gasteiger partial charge is 0.462 e. The average Bonchev–Trinajstić information content (AvgIpc) is 3.08. The number of aliphatic hydroxyl groups excluding tert-OH is 1. The third-order valence-electron chi connectivity index (χ3n) is 4.53. The number of aliphatic hydroxyl groups is 1. The molecule has 2 aromatic carbocycles. The molecule has 0 radical (unpaired) electrons. The van der Waals surface area contributed by atoms with Crippen molar-refractivity contribution in [3.8, 4) is 23.3 Å². The van der Waals surface area contributed by atoms with Gasteiger partial charge in [0.05, 0.1) is 29.9 Å². The van der Waals surface area contributed by atoms with E-state index >= 15 is 0 Å². The molecule has 1 atom stereocenters. The number of ether oxygens (including phenoxy) is 1. The lowest BCUT2D eigenvalue weighted by Gasteiger charge is -2.10. The van der Waals surface area contributed by atoms with E-state index in [0.717, 1.165) is 24.0 Å². The summed E-state index contributed by atoms with van der Waals surface area (Å²) in [5.41, 5.74) is 2.81. The van der Waals surface area contributed by atoms with Crippen molar-refractivity contribution in [1.29, 1.82) is 10.5 Å². The molecule has 1 aliphatic rings. The molecule has 0 fully saturated rings. The van der Waals surface area contributed by atoms with E-state index in [9.17, 15) is 15.2 Å². The zero-order valence-electron chi connectivity index (χ0n) is 14.9. The van der Waals surface area contributed by atoms with Gasteiger partial charge in [-0.05, 0) is 40.1 Å². The Bertz CT molecular complexity index is 1100. The smallest absolute Gasteiger partial charge is 0.338 e. The monoisotopic (exact) mass is 358 g/mol. The normalized spacial score (nSPS) is 13.3. The summed E-state index contributed by atoms with van der Waals surface area (Å²) in [6.07, 6.45) is 2.05. The summed E-state index contributed by atoms with van der Waals surface area (Å²) >= 11 is 0. The highest BCUT2D eigenvalue weighted by atomic mass is 16.5. The Balaban J connectivity index is 2.28. The topological polar surface area (TPSA) is 94.1 Å². The minimum Gasteiger partial charge on any atom is -0.462 e. The van der Waals surface area contributed by atoms with Gasteiger partial charge in [0, 0.05) is 5.56 Å². The molecule has 0 spiro atoms. The fourth-order valence-electron chi connectivity index (χ4n) is 3.19. The number of esters is 1. The van der Waals surface area contributed by atoms with Gasteiger partial charge in [0.25, 0.3) is 0 Å². The second kappa shape index (κ2) is 7.86. The summed E-state index contributed by atoms with van der Waals surface area (Å²) in [5, 5.41) is 29.5. The first-order chi connectivity index (χ1) is 13.1. The second-order valence-corrected chi connectivity index (χ2v) is 6.23.